The fourth-order valence-corrected chi connectivity index (χ4v) is 0.687. The Morgan fingerprint density at radius 1 is 1.67 bits per heavy atom. The molecule has 0 aromatic rings. The fraction of sp³-hybridized carbons (Fsp3) is 0.500. The standard InChI is InChI=1S/C4H8S2/c1-4(6)2-3-5/h5-6H,1-3H2. The van der Waals surface area contributed by atoms with E-state index in [0.29, 0.717) is 0 Å². The van der Waals surface area contributed by atoms with Crippen molar-refractivity contribution in [3.05, 3.63) is 11.5 Å². The van der Waals surface area contributed by atoms with Crippen LogP contribution in [0.25, 0.3) is 0 Å². The molecule has 0 bridgehead atoms. The molecule has 0 radical (unpaired) electrons. The van der Waals surface area contributed by atoms with Crippen LogP contribution in [0.3, 0.4) is 0 Å². The van der Waals surface area contributed by atoms with Crippen LogP contribution in [0.15, 0.2) is 11.5 Å². The minimum Gasteiger partial charge on any atom is -0.179 e. The summed E-state index contributed by atoms with van der Waals surface area (Å²) >= 11 is 7.89. The number of hydrogen-bond acceptors (Lipinski definition) is 2. The number of allylic oxidation sites excluding steroid dienone is 1. The quantitative estimate of drug-likeness (QED) is 0.510. The molecular formula is C4H8S2. The Morgan fingerprint density at radius 3 is 2.17 bits per heavy atom. The zero-order valence-corrected chi connectivity index (χ0v) is 5.30. The molecule has 0 nitrogen and oxygen atoms in total. The van der Waals surface area contributed by atoms with Crippen LogP contribution in [0.5, 0.6) is 0 Å². The SMILES string of the molecule is C=C(S)CCS. The van der Waals surface area contributed by atoms with Gasteiger partial charge in [0.25, 0.3) is 0 Å². The molecule has 0 aliphatic rings. The van der Waals surface area contributed by atoms with Gasteiger partial charge in [0, 0.05) is 0 Å². The molecule has 0 amide bonds. The molecule has 0 aromatic heterocycles. The molecule has 36 valence electrons. The lowest BCUT2D eigenvalue weighted by molar-refractivity contribution is 1.24. The van der Waals surface area contributed by atoms with Gasteiger partial charge in [-0.25, -0.2) is 0 Å². The first-order chi connectivity index (χ1) is 2.77. The Hall–Kier alpha value is 0.440. The van der Waals surface area contributed by atoms with Gasteiger partial charge in [0.1, 0.15) is 0 Å². The molecule has 0 saturated carbocycles. The van der Waals surface area contributed by atoms with Crippen LogP contribution in [0.2, 0.25) is 0 Å². The van der Waals surface area contributed by atoms with Crippen LogP contribution in [-0.4, -0.2) is 5.75 Å². The van der Waals surface area contributed by atoms with Gasteiger partial charge in [0.05, 0.1) is 0 Å². The summed E-state index contributed by atoms with van der Waals surface area (Å²) in [6.07, 6.45) is 0.909. The van der Waals surface area contributed by atoms with Crippen LogP contribution < -0.4 is 0 Å². The van der Waals surface area contributed by atoms with E-state index in [1.807, 2.05) is 0 Å². The topological polar surface area (TPSA) is 0 Å². The summed E-state index contributed by atoms with van der Waals surface area (Å²) in [6.45, 7) is 3.56. The fourth-order valence-electron chi connectivity index (χ4n) is 0.129. The Kier molecular flexibility index (Phi) is 3.89. The highest BCUT2D eigenvalue weighted by Gasteiger charge is 1.77. The van der Waals surface area contributed by atoms with Crippen LogP contribution in [0.4, 0.5) is 0 Å². The number of rotatable bonds is 2. The first-order valence-electron chi connectivity index (χ1n) is 1.75. The molecule has 0 saturated heterocycles. The number of thiol groups is 2. The first-order valence-corrected chi connectivity index (χ1v) is 2.83. The molecule has 6 heavy (non-hydrogen) atoms. The molecule has 2 heteroatoms. The van der Waals surface area contributed by atoms with Crippen LogP contribution in [0.1, 0.15) is 6.42 Å². The third-order valence-corrected chi connectivity index (χ3v) is 0.848. The molecule has 0 heterocycles. The molecular weight excluding hydrogens is 112 g/mol. The van der Waals surface area contributed by atoms with E-state index in [0.717, 1.165) is 17.1 Å². The summed E-state index contributed by atoms with van der Waals surface area (Å²) in [5, 5.41) is 0. The lowest BCUT2D eigenvalue weighted by Gasteiger charge is -1.85. The molecule has 0 atom stereocenters. The smallest absolute Gasteiger partial charge is 0.00526 e. The van der Waals surface area contributed by atoms with Crippen molar-refractivity contribution in [1.29, 1.82) is 0 Å². The second kappa shape index (κ2) is 3.62. The van der Waals surface area contributed by atoms with Crippen LogP contribution in [0, 0.1) is 0 Å². The van der Waals surface area contributed by atoms with Gasteiger partial charge < -0.3 is 0 Å². The lowest BCUT2D eigenvalue weighted by atomic mass is 10.5. The second-order valence-corrected chi connectivity index (χ2v) is 2.12. The Morgan fingerprint density at radius 2 is 2.17 bits per heavy atom. The molecule has 0 aliphatic heterocycles. The summed E-state index contributed by atoms with van der Waals surface area (Å²) in [5.74, 6) is 0.850. The van der Waals surface area contributed by atoms with Gasteiger partial charge in [0.15, 0.2) is 0 Å². The molecule has 0 fully saturated rings. The minimum absolute atomic E-state index is 0.850. The molecule has 0 aromatic carbocycles. The van der Waals surface area contributed by atoms with Gasteiger partial charge in [0.2, 0.25) is 0 Å². The molecule has 0 rings (SSSR count). The summed E-state index contributed by atoms with van der Waals surface area (Å²) < 4.78 is 0. The summed E-state index contributed by atoms with van der Waals surface area (Å²) in [5.41, 5.74) is 0. The maximum Gasteiger partial charge on any atom is -0.00526 e. The van der Waals surface area contributed by atoms with E-state index in [-0.39, 0.29) is 0 Å². The van der Waals surface area contributed by atoms with Crippen molar-refractivity contribution in [3.63, 3.8) is 0 Å². The average Bonchev–Trinajstić information content (AvgIpc) is 1.35. The van der Waals surface area contributed by atoms with E-state index in [4.69, 9.17) is 0 Å². The zero-order chi connectivity index (χ0) is 4.99. The third kappa shape index (κ3) is 4.44. The molecule has 0 aliphatic carbocycles. The van der Waals surface area contributed by atoms with Gasteiger partial charge in [-0.15, -0.1) is 12.6 Å². The summed E-state index contributed by atoms with van der Waals surface area (Å²) in [6, 6.07) is 0. The molecule has 0 unspecified atom stereocenters. The zero-order valence-electron chi connectivity index (χ0n) is 3.52. The Balaban J connectivity index is 2.83. The van der Waals surface area contributed by atoms with Crippen molar-refractivity contribution in [2.24, 2.45) is 0 Å². The highest BCUT2D eigenvalue weighted by atomic mass is 32.1. The van der Waals surface area contributed by atoms with E-state index >= 15 is 0 Å². The van der Waals surface area contributed by atoms with E-state index in [9.17, 15) is 0 Å². The Bertz CT molecular complexity index is 49.5. The maximum absolute atomic E-state index is 3.95. The van der Waals surface area contributed by atoms with Gasteiger partial charge in [-0.05, 0) is 17.1 Å². The van der Waals surface area contributed by atoms with Gasteiger partial charge in [-0.2, -0.15) is 12.6 Å². The average molecular weight is 120 g/mol. The minimum atomic E-state index is 0.850. The van der Waals surface area contributed by atoms with Gasteiger partial charge in [-0.1, -0.05) is 6.58 Å². The van der Waals surface area contributed by atoms with Gasteiger partial charge in [-0.3, -0.25) is 0 Å². The molecule has 0 spiro atoms. The van der Waals surface area contributed by atoms with Crippen LogP contribution >= 0.6 is 25.3 Å². The van der Waals surface area contributed by atoms with Gasteiger partial charge >= 0.3 is 0 Å². The molecule has 0 N–H and O–H groups in total. The monoisotopic (exact) mass is 120 g/mol. The summed E-state index contributed by atoms with van der Waals surface area (Å²) in [4.78, 5) is 0.907. The van der Waals surface area contributed by atoms with E-state index in [2.05, 4.69) is 31.8 Å². The van der Waals surface area contributed by atoms with E-state index < -0.39 is 0 Å². The predicted octanol–water partition coefficient (Wildman–Crippen LogP) is 1.75. The second-order valence-electron chi connectivity index (χ2n) is 1.04. The van der Waals surface area contributed by atoms with Crippen molar-refractivity contribution in [3.8, 4) is 0 Å². The van der Waals surface area contributed by atoms with E-state index in [1.54, 1.807) is 0 Å². The third-order valence-electron chi connectivity index (χ3n) is 0.400. The number of hydrogen-bond donors (Lipinski definition) is 2. The van der Waals surface area contributed by atoms with Crippen LogP contribution in [-0.2, 0) is 0 Å². The highest BCUT2D eigenvalue weighted by Crippen LogP contribution is 2.01. The van der Waals surface area contributed by atoms with Crippen molar-refractivity contribution in [1.82, 2.24) is 0 Å². The van der Waals surface area contributed by atoms with Crippen molar-refractivity contribution in [2.75, 3.05) is 5.75 Å². The summed E-state index contributed by atoms with van der Waals surface area (Å²) in [7, 11) is 0. The largest absolute Gasteiger partial charge is 0.179 e. The van der Waals surface area contributed by atoms with E-state index in [1.165, 1.54) is 0 Å². The van der Waals surface area contributed by atoms with Crippen molar-refractivity contribution >= 4 is 25.3 Å². The first kappa shape index (κ1) is 6.44. The van der Waals surface area contributed by atoms with Crippen molar-refractivity contribution in [2.45, 2.75) is 6.42 Å². The van der Waals surface area contributed by atoms with Crippen molar-refractivity contribution < 1.29 is 0 Å². The normalized spacial score (nSPS) is 8.33. The Labute approximate surface area is 49.5 Å². The lowest BCUT2D eigenvalue weighted by Crippen LogP contribution is -1.68. The highest BCUT2D eigenvalue weighted by molar-refractivity contribution is 7.84. The maximum atomic E-state index is 3.95. The predicted molar refractivity (Wildman–Crippen MR) is 36.6 cm³/mol.